The van der Waals surface area contributed by atoms with Crippen molar-refractivity contribution in [1.82, 2.24) is 5.09 Å². The van der Waals surface area contributed by atoms with E-state index in [-0.39, 0.29) is 6.54 Å². The van der Waals surface area contributed by atoms with Crippen molar-refractivity contribution in [3.8, 4) is 0 Å². The van der Waals surface area contributed by atoms with Crippen LogP contribution in [0.2, 0.25) is 0 Å². The van der Waals surface area contributed by atoms with Crippen molar-refractivity contribution in [3.63, 3.8) is 0 Å². The molecule has 1 aliphatic heterocycles. The first-order chi connectivity index (χ1) is 6.57. The van der Waals surface area contributed by atoms with Crippen LogP contribution in [0.1, 0.15) is 0 Å². The van der Waals surface area contributed by atoms with Gasteiger partial charge in [0.2, 0.25) is 0 Å². The Bertz CT molecular complexity index is 184. The first-order valence-corrected chi connectivity index (χ1v) is 5.02. The van der Waals surface area contributed by atoms with Gasteiger partial charge in [0.05, 0.1) is 8.96 Å². The zero-order chi connectivity index (χ0) is 10.7. The molecule has 14 heavy (non-hydrogen) atoms. The lowest BCUT2D eigenvalue weighted by Gasteiger charge is -2.38. The highest BCUT2D eigenvalue weighted by Gasteiger charge is 2.42. The predicted octanol–water partition coefficient (Wildman–Crippen LogP) is -3.12. The average Bonchev–Trinajstić information content (AvgIpc) is 2.18. The second-order valence-electron chi connectivity index (χ2n) is 3.03. The lowest BCUT2D eigenvalue weighted by Crippen LogP contribution is -2.59. The SMILES string of the molecule is OPNCC1O[C@H](O)C(O)C(O)[C@@H]1O. The zero-order valence-electron chi connectivity index (χ0n) is 7.24. The highest BCUT2D eigenvalue weighted by atomic mass is 31.1. The molecule has 1 rings (SSSR count). The quantitative estimate of drug-likeness (QED) is 0.282. The summed E-state index contributed by atoms with van der Waals surface area (Å²) in [6.07, 6.45) is -6.65. The third-order valence-electron chi connectivity index (χ3n) is 2.07. The Morgan fingerprint density at radius 3 is 2.29 bits per heavy atom. The van der Waals surface area contributed by atoms with E-state index in [0.717, 1.165) is 0 Å². The maximum Gasteiger partial charge on any atom is 0.184 e. The van der Waals surface area contributed by atoms with E-state index >= 15 is 0 Å². The molecule has 0 radical (unpaired) electrons. The van der Waals surface area contributed by atoms with Gasteiger partial charge in [-0.05, 0) is 0 Å². The van der Waals surface area contributed by atoms with Crippen molar-refractivity contribution in [2.24, 2.45) is 0 Å². The number of nitrogens with one attached hydrogen (secondary N) is 1. The van der Waals surface area contributed by atoms with Gasteiger partial charge in [-0.25, -0.2) is 0 Å². The van der Waals surface area contributed by atoms with E-state index < -0.39 is 39.7 Å². The standard InChI is InChI=1S/C6H14NO6P/c8-3-2(1-7-14-12)13-6(11)5(10)4(3)9/h2-12,14H,1H2/t2?,3-,4?,5?,6+/m1/s1. The summed E-state index contributed by atoms with van der Waals surface area (Å²) in [5.41, 5.74) is 0. The molecule has 0 aromatic heterocycles. The van der Waals surface area contributed by atoms with Crippen LogP contribution in [-0.4, -0.2) is 62.6 Å². The number of rotatable bonds is 3. The lowest BCUT2D eigenvalue weighted by molar-refractivity contribution is -0.279. The van der Waals surface area contributed by atoms with Crippen molar-refractivity contribution in [1.29, 1.82) is 0 Å². The smallest absolute Gasteiger partial charge is 0.184 e. The second-order valence-corrected chi connectivity index (χ2v) is 3.61. The van der Waals surface area contributed by atoms with Gasteiger partial charge < -0.3 is 30.1 Å². The molecule has 6 atom stereocenters. The Kier molecular flexibility index (Phi) is 4.62. The molecule has 0 aromatic carbocycles. The average molecular weight is 227 g/mol. The van der Waals surface area contributed by atoms with Gasteiger partial charge in [0.15, 0.2) is 6.29 Å². The maximum atomic E-state index is 9.39. The summed E-state index contributed by atoms with van der Waals surface area (Å²) >= 11 is 0. The molecule has 0 amide bonds. The summed E-state index contributed by atoms with van der Waals surface area (Å²) in [6, 6.07) is 0. The Morgan fingerprint density at radius 1 is 1.07 bits per heavy atom. The summed E-state index contributed by atoms with van der Waals surface area (Å²) in [5, 5.41) is 39.4. The van der Waals surface area contributed by atoms with Crippen LogP contribution in [0.5, 0.6) is 0 Å². The van der Waals surface area contributed by atoms with Gasteiger partial charge in [-0.2, -0.15) is 0 Å². The first kappa shape index (κ1) is 12.2. The molecule has 1 fully saturated rings. The topological polar surface area (TPSA) is 122 Å². The van der Waals surface area contributed by atoms with Crippen molar-refractivity contribution in [2.45, 2.75) is 30.7 Å². The van der Waals surface area contributed by atoms with Crippen molar-refractivity contribution in [2.75, 3.05) is 6.54 Å². The summed E-state index contributed by atoms with van der Waals surface area (Å²) in [7, 11) is -0.517. The second kappa shape index (κ2) is 5.29. The third kappa shape index (κ3) is 2.59. The van der Waals surface area contributed by atoms with E-state index in [1.807, 2.05) is 0 Å². The molecule has 1 aliphatic rings. The van der Waals surface area contributed by atoms with E-state index in [0.29, 0.717) is 0 Å². The normalized spacial score (nSPS) is 44.8. The van der Waals surface area contributed by atoms with E-state index in [1.165, 1.54) is 0 Å². The molecular formula is C6H14NO6P. The Balaban J connectivity index is 2.52. The van der Waals surface area contributed by atoms with Crippen LogP contribution in [0.3, 0.4) is 0 Å². The van der Waals surface area contributed by atoms with Crippen LogP contribution in [0.4, 0.5) is 0 Å². The largest absolute Gasteiger partial charge is 0.388 e. The van der Waals surface area contributed by atoms with Gasteiger partial charge in [-0.15, -0.1) is 0 Å². The molecule has 0 spiro atoms. The fourth-order valence-corrected chi connectivity index (χ4v) is 1.54. The highest BCUT2D eigenvalue weighted by Crippen LogP contribution is 2.19. The molecule has 8 heteroatoms. The number of aliphatic hydroxyl groups is 4. The lowest BCUT2D eigenvalue weighted by atomic mass is 9.99. The molecule has 0 aromatic rings. The Morgan fingerprint density at radius 2 is 1.71 bits per heavy atom. The molecular weight excluding hydrogens is 213 g/mol. The van der Waals surface area contributed by atoms with E-state index in [4.69, 9.17) is 19.8 Å². The molecule has 4 unspecified atom stereocenters. The number of aliphatic hydroxyl groups excluding tert-OH is 4. The van der Waals surface area contributed by atoms with Crippen LogP contribution >= 0.6 is 8.96 Å². The van der Waals surface area contributed by atoms with Crippen molar-refractivity contribution < 1.29 is 30.1 Å². The van der Waals surface area contributed by atoms with Crippen LogP contribution in [0.25, 0.3) is 0 Å². The first-order valence-electron chi connectivity index (χ1n) is 4.07. The van der Waals surface area contributed by atoms with Gasteiger partial charge in [0, 0.05) is 6.54 Å². The fraction of sp³-hybridized carbons (Fsp3) is 1.00. The summed E-state index contributed by atoms with van der Waals surface area (Å²) < 4.78 is 4.81. The van der Waals surface area contributed by atoms with Crippen LogP contribution in [0.15, 0.2) is 0 Å². The van der Waals surface area contributed by atoms with E-state index in [2.05, 4.69) is 5.09 Å². The minimum atomic E-state index is -1.53. The van der Waals surface area contributed by atoms with Gasteiger partial charge in [-0.1, -0.05) is 0 Å². The van der Waals surface area contributed by atoms with Crippen LogP contribution < -0.4 is 5.09 Å². The maximum absolute atomic E-state index is 9.39. The highest BCUT2D eigenvalue weighted by molar-refractivity contribution is 7.28. The molecule has 0 saturated carbocycles. The zero-order valence-corrected chi connectivity index (χ0v) is 8.24. The van der Waals surface area contributed by atoms with E-state index in [1.54, 1.807) is 0 Å². The summed E-state index contributed by atoms with van der Waals surface area (Å²) in [6.45, 7) is 0.0803. The van der Waals surface area contributed by atoms with Gasteiger partial charge in [-0.3, -0.25) is 5.09 Å². The number of hydrogen-bond acceptors (Lipinski definition) is 7. The minimum absolute atomic E-state index is 0.0803. The Hall–Kier alpha value is 0.150. The predicted molar refractivity (Wildman–Crippen MR) is 47.4 cm³/mol. The molecule has 7 nitrogen and oxygen atoms in total. The summed E-state index contributed by atoms with van der Waals surface area (Å²) in [4.78, 5) is 8.47. The molecule has 0 bridgehead atoms. The van der Waals surface area contributed by atoms with Gasteiger partial charge in [0.1, 0.15) is 24.4 Å². The molecule has 84 valence electrons. The van der Waals surface area contributed by atoms with Crippen molar-refractivity contribution in [3.05, 3.63) is 0 Å². The number of hydrogen-bond donors (Lipinski definition) is 6. The molecule has 6 N–H and O–H groups in total. The van der Waals surface area contributed by atoms with Crippen LogP contribution in [-0.2, 0) is 4.74 Å². The van der Waals surface area contributed by atoms with Crippen LogP contribution in [0, 0.1) is 0 Å². The Labute approximate surface area is 82.3 Å². The number of ether oxygens (including phenoxy) is 1. The third-order valence-corrected chi connectivity index (χ3v) is 2.43. The van der Waals surface area contributed by atoms with Gasteiger partial charge in [0.25, 0.3) is 0 Å². The minimum Gasteiger partial charge on any atom is -0.388 e. The monoisotopic (exact) mass is 227 g/mol. The molecule has 1 saturated heterocycles. The summed E-state index contributed by atoms with van der Waals surface area (Å²) in [5.74, 6) is 0. The van der Waals surface area contributed by atoms with E-state index in [9.17, 15) is 10.2 Å². The molecule has 0 aliphatic carbocycles. The van der Waals surface area contributed by atoms with Gasteiger partial charge >= 0.3 is 0 Å². The fourth-order valence-electron chi connectivity index (χ4n) is 1.25. The molecule has 1 heterocycles. The van der Waals surface area contributed by atoms with Crippen molar-refractivity contribution >= 4 is 8.96 Å².